The van der Waals surface area contributed by atoms with Gasteiger partial charge in [0.1, 0.15) is 6.07 Å². The fraction of sp³-hybridized carbons (Fsp3) is 0.455. The molecule has 0 bridgehead atoms. The van der Waals surface area contributed by atoms with E-state index in [2.05, 4.69) is 16.5 Å². The molecule has 78 valence electrons. The van der Waals surface area contributed by atoms with Gasteiger partial charge in [-0.25, -0.2) is 10.4 Å². The maximum atomic E-state index is 8.97. The first kappa shape index (κ1) is 9.94. The van der Waals surface area contributed by atoms with E-state index in [0.29, 0.717) is 5.56 Å². The Hall–Kier alpha value is -1.60. The lowest BCUT2D eigenvalue weighted by atomic mass is 10.2. The summed E-state index contributed by atoms with van der Waals surface area (Å²) in [6, 6.07) is 5.76. The SMILES string of the molecule is N#Cc1cccnc1N1CCCCCN1. The molecule has 0 aliphatic carbocycles. The van der Waals surface area contributed by atoms with E-state index in [0.717, 1.165) is 25.3 Å². The molecule has 0 amide bonds. The molecule has 2 rings (SSSR count). The number of hydrogen-bond donors (Lipinski definition) is 1. The molecular weight excluding hydrogens is 188 g/mol. The molecule has 1 N–H and O–H groups in total. The van der Waals surface area contributed by atoms with Crippen molar-refractivity contribution in [2.75, 3.05) is 18.1 Å². The summed E-state index contributed by atoms with van der Waals surface area (Å²) in [6.07, 6.45) is 5.29. The average molecular weight is 202 g/mol. The molecule has 1 fully saturated rings. The first-order valence-corrected chi connectivity index (χ1v) is 5.28. The van der Waals surface area contributed by atoms with E-state index in [9.17, 15) is 0 Å². The Balaban J connectivity index is 2.23. The van der Waals surface area contributed by atoms with E-state index in [1.54, 1.807) is 18.3 Å². The molecule has 2 heterocycles. The third kappa shape index (κ3) is 2.25. The predicted molar refractivity (Wildman–Crippen MR) is 58.2 cm³/mol. The van der Waals surface area contributed by atoms with Crippen molar-refractivity contribution in [3.63, 3.8) is 0 Å². The van der Waals surface area contributed by atoms with Crippen LogP contribution >= 0.6 is 0 Å². The molecule has 15 heavy (non-hydrogen) atoms. The number of rotatable bonds is 1. The zero-order valence-corrected chi connectivity index (χ0v) is 8.61. The van der Waals surface area contributed by atoms with Gasteiger partial charge in [-0.05, 0) is 25.0 Å². The highest BCUT2D eigenvalue weighted by molar-refractivity contribution is 5.52. The maximum absolute atomic E-state index is 8.97. The van der Waals surface area contributed by atoms with Crippen molar-refractivity contribution in [2.45, 2.75) is 19.3 Å². The van der Waals surface area contributed by atoms with E-state index >= 15 is 0 Å². The van der Waals surface area contributed by atoms with Crippen molar-refractivity contribution < 1.29 is 0 Å². The smallest absolute Gasteiger partial charge is 0.160 e. The lowest BCUT2D eigenvalue weighted by Crippen LogP contribution is -2.38. The minimum Gasteiger partial charge on any atom is -0.291 e. The van der Waals surface area contributed by atoms with Gasteiger partial charge in [-0.15, -0.1) is 0 Å². The summed E-state index contributed by atoms with van der Waals surface area (Å²) in [5.74, 6) is 0.752. The molecule has 4 nitrogen and oxygen atoms in total. The molecule has 0 radical (unpaired) electrons. The molecule has 1 aliphatic rings. The summed E-state index contributed by atoms with van der Waals surface area (Å²) in [5, 5.41) is 11.0. The van der Waals surface area contributed by atoms with Crippen LogP contribution in [0, 0.1) is 11.3 Å². The Bertz CT molecular complexity index is 361. The first-order chi connectivity index (χ1) is 7.42. The minimum atomic E-state index is 0.631. The normalized spacial score (nSPS) is 16.9. The second-order valence-electron chi connectivity index (χ2n) is 3.61. The van der Waals surface area contributed by atoms with Crippen molar-refractivity contribution in [3.05, 3.63) is 23.9 Å². The van der Waals surface area contributed by atoms with Crippen LogP contribution in [0.1, 0.15) is 24.8 Å². The van der Waals surface area contributed by atoms with Gasteiger partial charge in [-0.1, -0.05) is 6.42 Å². The monoisotopic (exact) mass is 202 g/mol. The average Bonchev–Trinajstić information content (AvgIpc) is 2.57. The van der Waals surface area contributed by atoms with Gasteiger partial charge >= 0.3 is 0 Å². The van der Waals surface area contributed by atoms with Crippen LogP contribution in [0.5, 0.6) is 0 Å². The van der Waals surface area contributed by atoms with E-state index in [1.807, 2.05) is 5.01 Å². The molecule has 1 aromatic rings. The third-order valence-corrected chi connectivity index (χ3v) is 2.52. The number of aromatic nitrogens is 1. The largest absolute Gasteiger partial charge is 0.291 e. The highest BCUT2D eigenvalue weighted by Gasteiger charge is 2.13. The van der Waals surface area contributed by atoms with Gasteiger partial charge in [0, 0.05) is 19.3 Å². The summed E-state index contributed by atoms with van der Waals surface area (Å²) in [6.45, 7) is 1.88. The number of nitrogens with zero attached hydrogens (tertiary/aromatic N) is 3. The van der Waals surface area contributed by atoms with Gasteiger partial charge in [-0.2, -0.15) is 5.26 Å². The second-order valence-corrected chi connectivity index (χ2v) is 3.61. The van der Waals surface area contributed by atoms with Crippen LogP contribution < -0.4 is 10.4 Å². The summed E-state index contributed by atoms with van der Waals surface area (Å²) < 4.78 is 0. The fourth-order valence-electron chi connectivity index (χ4n) is 1.74. The van der Waals surface area contributed by atoms with Crippen LogP contribution in [0.15, 0.2) is 18.3 Å². The van der Waals surface area contributed by atoms with Gasteiger partial charge in [0.15, 0.2) is 5.82 Å². The Morgan fingerprint density at radius 1 is 1.40 bits per heavy atom. The van der Waals surface area contributed by atoms with Crippen molar-refractivity contribution in [3.8, 4) is 6.07 Å². The predicted octanol–water partition coefficient (Wildman–Crippen LogP) is 1.45. The van der Waals surface area contributed by atoms with Crippen molar-refractivity contribution in [2.24, 2.45) is 0 Å². The molecule has 0 atom stereocenters. The third-order valence-electron chi connectivity index (χ3n) is 2.52. The van der Waals surface area contributed by atoms with Gasteiger partial charge in [-0.3, -0.25) is 5.01 Å². The molecule has 1 aliphatic heterocycles. The van der Waals surface area contributed by atoms with Gasteiger partial charge in [0.05, 0.1) is 5.56 Å². The Kier molecular flexibility index (Phi) is 3.15. The van der Waals surface area contributed by atoms with Crippen molar-refractivity contribution in [1.29, 1.82) is 5.26 Å². The van der Waals surface area contributed by atoms with Gasteiger partial charge in [0.2, 0.25) is 0 Å². The zero-order valence-electron chi connectivity index (χ0n) is 8.61. The fourth-order valence-corrected chi connectivity index (χ4v) is 1.74. The molecule has 0 saturated carbocycles. The first-order valence-electron chi connectivity index (χ1n) is 5.28. The van der Waals surface area contributed by atoms with Gasteiger partial charge in [0.25, 0.3) is 0 Å². The quantitative estimate of drug-likeness (QED) is 0.748. The van der Waals surface area contributed by atoms with E-state index in [1.165, 1.54) is 12.8 Å². The van der Waals surface area contributed by atoms with Crippen LogP contribution in [0.4, 0.5) is 5.82 Å². The Morgan fingerprint density at radius 3 is 3.20 bits per heavy atom. The highest BCUT2D eigenvalue weighted by Crippen LogP contribution is 2.16. The number of hydrogen-bond acceptors (Lipinski definition) is 4. The summed E-state index contributed by atoms with van der Waals surface area (Å²) >= 11 is 0. The Labute approximate surface area is 89.5 Å². The van der Waals surface area contributed by atoms with Gasteiger partial charge < -0.3 is 0 Å². The molecule has 1 saturated heterocycles. The van der Waals surface area contributed by atoms with Crippen LogP contribution in [0.3, 0.4) is 0 Å². The number of pyridine rings is 1. The van der Waals surface area contributed by atoms with Crippen LogP contribution in [0.2, 0.25) is 0 Å². The standard InChI is InChI=1S/C11H14N4/c12-9-10-5-4-6-13-11(10)15-8-3-1-2-7-14-15/h4-6,14H,1-3,7-8H2. The summed E-state index contributed by atoms with van der Waals surface area (Å²) in [4.78, 5) is 4.26. The number of anilines is 1. The zero-order chi connectivity index (χ0) is 10.5. The Morgan fingerprint density at radius 2 is 2.33 bits per heavy atom. The molecule has 0 unspecified atom stereocenters. The second kappa shape index (κ2) is 4.76. The summed E-state index contributed by atoms with van der Waals surface area (Å²) in [7, 11) is 0. The topological polar surface area (TPSA) is 52.0 Å². The lowest BCUT2D eigenvalue weighted by molar-refractivity contribution is 0.652. The molecule has 4 heteroatoms. The lowest BCUT2D eigenvalue weighted by Gasteiger charge is -2.22. The van der Waals surface area contributed by atoms with Crippen LogP contribution in [-0.4, -0.2) is 18.1 Å². The molecular formula is C11H14N4. The van der Waals surface area contributed by atoms with Crippen molar-refractivity contribution >= 4 is 5.82 Å². The molecule has 0 spiro atoms. The van der Waals surface area contributed by atoms with E-state index in [-0.39, 0.29) is 0 Å². The minimum absolute atomic E-state index is 0.631. The number of nitriles is 1. The van der Waals surface area contributed by atoms with Crippen LogP contribution in [-0.2, 0) is 0 Å². The molecule has 0 aromatic carbocycles. The van der Waals surface area contributed by atoms with Crippen molar-refractivity contribution in [1.82, 2.24) is 10.4 Å². The van der Waals surface area contributed by atoms with E-state index in [4.69, 9.17) is 5.26 Å². The summed E-state index contributed by atoms with van der Waals surface area (Å²) in [5.41, 5.74) is 3.92. The molecule has 1 aromatic heterocycles. The highest BCUT2D eigenvalue weighted by atomic mass is 15.5. The van der Waals surface area contributed by atoms with E-state index < -0.39 is 0 Å². The van der Waals surface area contributed by atoms with Crippen LogP contribution in [0.25, 0.3) is 0 Å². The number of nitrogens with one attached hydrogen (secondary N) is 1. The maximum Gasteiger partial charge on any atom is 0.160 e. The number of hydrazine groups is 1.